The van der Waals surface area contributed by atoms with Crippen LogP contribution in [0.2, 0.25) is 0 Å². The third kappa shape index (κ3) is 3.04. The predicted octanol–water partition coefficient (Wildman–Crippen LogP) is 2.74. The molecule has 116 valence electrons. The summed E-state index contributed by atoms with van der Waals surface area (Å²) in [4.78, 5) is 0.379. The van der Waals surface area contributed by atoms with Crippen molar-refractivity contribution in [2.75, 3.05) is 6.54 Å². The molecule has 0 amide bonds. The van der Waals surface area contributed by atoms with Gasteiger partial charge >= 0.3 is 0 Å². The molecular formula is C15H21BrN2O2S. The highest BCUT2D eigenvalue weighted by Crippen LogP contribution is 2.32. The van der Waals surface area contributed by atoms with Crippen LogP contribution in [-0.4, -0.2) is 37.4 Å². The molecule has 1 aromatic carbocycles. The van der Waals surface area contributed by atoms with Crippen LogP contribution in [0, 0.1) is 0 Å². The molecule has 2 bridgehead atoms. The van der Waals surface area contributed by atoms with Crippen LogP contribution in [0.5, 0.6) is 0 Å². The van der Waals surface area contributed by atoms with Gasteiger partial charge in [0.15, 0.2) is 0 Å². The van der Waals surface area contributed by atoms with Crippen molar-refractivity contribution in [2.45, 2.75) is 55.6 Å². The summed E-state index contributed by atoms with van der Waals surface area (Å²) < 4.78 is 28.4. The van der Waals surface area contributed by atoms with E-state index in [-0.39, 0.29) is 6.04 Å². The van der Waals surface area contributed by atoms with Gasteiger partial charge in [0, 0.05) is 29.1 Å². The number of hydrogen-bond donors (Lipinski definition) is 1. The molecule has 1 aromatic rings. The number of benzene rings is 1. The Morgan fingerprint density at radius 2 is 1.95 bits per heavy atom. The molecule has 6 heteroatoms. The van der Waals surface area contributed by atoms with Crippen LogP contribution >= 0.6 is 15.9 Å². The van der Waals surface area contributed by atoms with E-state index in [2.05, 4.69) is 21.2 Å². The summed E-state index contributed by atoms with van der Waals surface area (Å²) in [6, 6.07) is 8.09. The van der Waals surface area contributed by atoms with Crippen molar-refractivity contribution in [3.05, 3.63) is 28.7 Å². The Labute approximate surface area is 135 Å². The van der Waals surface area contributed by atoms with Gasteiger partial charge in [-0.05, 0) is 43.9 Å². The zero-order chi connectivity index (χ0) is 15.0. The van der Waals surface area contributed by atoms with Gasteiger partial charge in [-0.3, -0.25) is 0 Å². The van der Waals surface area contributed by atoms with E-state index in [0.29, 0.717) is 23.5 Å². The quantitative estimate of drug-likeness (QED) is 0.883. The van der Waals surface area contributed by atoms with E-state index < -0.39 is 10.0 Å². The molecule has 2 heterocycles. The van der Waals surface area contributed by atoms with E-state index in [4.69, 9.17) is 0 Å². The second-order valence-electron chi connectivity index (χ2n) is 5.93. The van der Waals surface area contributed by atoms with Crippen molar-refractivity contribution in [3.63, 3.8) is 0 Å². The maximum atomic E-state index is 12.9. The molecule has 2 aliphatic heterocycles. The lowest BCUT2D eigenvalue weighted by molar-refractivity contribution is 0.232. The van der Waals surface area contributed by atoms with Gasteiger partial charge in [0.05, 0.1) is 4.90 Å². The fourth-order valence-corrected chi connectivity index (χ4v) is 5.90. The smallest absolute Gasteiger partial charge is 0.243 e. The molecule has 2 saturated heterocycles. The first kappa shape index (κ1) is 15.5. The molecule has 0 aliphatic carbocycles. The van der Waals surface area contributed by atoms with Crippen LogP contribution in [0.15, 0.2) is 33.6 Å². The number of nitrogens with zero attached hydrogens (tertiary/aromatic N) is 1. The zero-order valence-electron chi connectivity index (χ0n) is 12.1. The van der Waals surface area contributed by atoms with E-state index in [0.717, 1.165) is 17.3 Å². The van der Waals surface area contributed by atoms with Gasteiger partial charge in [0.2, 0.25) is 10.0 Å². The van der Waals surface area contributed by atoms with Gasteiger partial charge in [-0.25, -0.2) is 8.42 Å². The van der Waals surface area contributed by atoms with Gasteiger partial charge in [-0.2, -0.15) is 4.31 Å². The van der Waals surface area contributed by atoms with Crippen LogP contribution < -0.4 is 5.32 Å². The van der Waals surface area contributed by atoms with E-state index in [9.17, 15) is 8.42 Å². The molecule has 4 nitrogen and oxygen atoms in total. The first-order valence-corrected chi connectivity index (χ1v) is 9.77. The van der Waals surface area contributed by atoms with Crippen molar-refractivity contribution in [2.24, 2.45) is 0 Å². The maximum Gasteiger partial charge on any atom is 0.243 e. The largest absolute Gasteiger partial charge is 0.311 e. The number of hydrogen-bond acceptors (Lipinski definition) is 3. The molecule has 21 heavy (non-hydrogen) atoms. The molecule has 0 radical (unpaired) electrons. The van der Waals surface area contributed by atoms with E-state index >= 15 is 0 Å². The highest BCUT2D eigenvalue weighted by molar-refractivity contribution is 9.10. The Morgan fingerprint density at radius 3 is 2.52 bits per heavy atom. The standard InChI is InChI=1S/C15H21BrN2O2S/c1-2-18(14-9-12-6-7-13(10-14)17-12)21(19,20)15-5-3-4-11(16)8-15/h3-5,8,12-14,17H,2,6-7,9-10H2,1H3. The van der Waals surface area contributed by atoms with E-state index in [1.54, 1.807) is 22.5 Å². The number of sulfonamides is 1. The number of fused-ring (bicyclic) bond motifs is 2. The average molecular weight is 373 g/mol. The molecule has 2 fully saturated rings. The zero-order valence-corrected chi connectivity index (χ0v) is 14.5. The molecular weight excluding hydrogens is 352 g/mol. The van der Waals surface area contributed by atoms with Crippen molar-refractivity contribution in [1.82, 2.24) is 9.62 Å². The molecule has 2 unspecified atom stereocenters. The van der Waals surface area contributed by atoms with Gasteiger partial charge < -0.3 is 5.32 Å². The van der Waals surface area contributed by atoms with E-state index in [1.807, 2.05) is 13.0 Å². The van der Waals surface area contributed by atoms with Gasteiger partial charge in [-0.1, -0.05) is 28.9 Å². The Morgan fingerprint density at radius 1 is 1.29 bits per heavy atom. The number of halogens is 1. The fourth-order valence-electron chi connectivity index (χ4n) is 3.65. The number of piperidine rings is 1. The summed E-state index contributed by atoms with van der Waals surface area (Å²) in [5, 5.41) is 3.57. The molecule has 0 saturated carbocycles. The lowest BCUT2D eigenvalue weighted by Crippen LogP contribution is -2.50. The first-order chi connectivity index (χ1) is 10.0. The second kappa shape index (κ2) is 5.99. The monoisotopic (exact) mass is 372 g/mol. The molecule has 2 aliphatic rings. The minimum absolute atomic E-state index is 0.123. The van der Waals surface area contributed by atoms with Crippen molar-refractivity contribution in [1.29, 1.82) is 0 Å². The van der Waals surface area contributed by atoms with Crippen molar-refractivity contribution in [3.8, 4) is 0 Å². The van der Waals surface area contributed by atoms with Crippen LogP contribution in [0.1, 0.15) is 32.6 Å². The van der Waals surface area contributed by atoms with Gasteiger partial charge in [-0.15, -0.1) is 0 Å². The first-order valence-electron chi connectivity index (χ1n) is 7.54. The molecule has 0 spiro atoms. The maximum absolute atomic E-state index is 12.9. The minimum atomic E-state index is -3.42. The fraction of sp³-hybridized carbons (Fsp3) is 0.600. The highest BCUT2D eigenvalue weighted by Gasteiger charge is 2.39. The molecule has 1 N–H and O–H groups in total. The molecule has 2 atom stereocenters. The summed E-state index contributed by atoms with van der Waals surface area (Å²) in [5.74, 6) is 0. The van der Waals surface area contributed by atoms with Crippen molar-refractivity contribution < 1.29 is 8.42 Å². The SMILES string of the molecule is CCN(C1CC2CCC(C1)N2)S(=O)(=O)c1cccc(Br)c1. The van der Waals surface area contributed by atoms with Crippen LogP contribution in [-0.2, 0) is 10.0 Å². The summed E-state index contributed by atoms with van der Waals surface area (Å²) in [6.07, 6.45) is 4.21. The highest BCUT2D eigenvalue weighted by atomic mass is 79.9. The summed E-state index contributed by atoms with van der Waals surface area (Å²) in [6.45, 7) is 2.46. The molecule has 0 aromatic heterocycles. The normalized spacial score (nSPS) is 29.0. The van der Waals surface area contributed by atoms with Gasteiger partial charge in [0.1, 0.15) is 0 Å². The number of rotatable bonds is 4. The van der Waals surface area contributed by atoms with Gasteiger partial charge in [0.25, 0.3) is 0 Å². The third-order valence-electron chi connectivity index (χ3n) is 4.57. The lowest BCUT2D eigenvalue weighted by atomic mass is 10.00. The van der Waals surface area contributed by atoms with Crippen molar-refractivity contribution >= 4 is 26.0 Å². The summed E-state index contributed by atoms with van der Waals surface area (Å²) in [5.41, 5.74) is 0. The Bertz CT molecular complexity index is 608. The van der Waals surface area contributed by atoms with E-state index in [1.165, 1.54) is 12.8 Å². The lowest BCUT2D eigenvalue weighted by Gasteiger charge is -2.36. The van der Waals surface area contributed by atoms with Crippen LogP contribution in [0.3, 0.4) is 0 Å². The Kier molecular flexibility index (Phi) is 4.41. The molecule has 3 rings (SSSR count). The Hall–Kier alpha value is -0.430. The van der Waals surface area contributed by atoms with Crippen LogP contribution in [0.25, 0.3) is 0 Å². The summed E-state index contributed by atoms with van der Waals surface area (Å²) in [7, 11) is -3.42. The minimum Gasteiger partial charge on any atom is -0.311 e. The third-order valence-corrected chi connectivity index (χ3v) is 7.09. The Balaban J connectivity index is 1.88. The summed E-state index contributed by atoms with van der Waals surface area (Å²) >= 11 is 3.36. The van der Waals surface area contributed by atoms with Crippen LogP contribution in [0.4, 0.5) is 0 Å². The predicted molar refractivity (Wildman–Crippen MR) is 86.7 cm³/mol. The average Bonchev–Trinajstić information content (AvgIpc) is 2.78. The second-order valence-corrected chi connectivity index (χ2v) is 8.74. The topological polar surface area (TPSA) is 49.4 Å². The number of nitrogens with one attached hydrogen (secondary N) is 1.